The SMILES string of the molecule is Cc1ccc(NC(=O)c2cc(S(=O)(=O)NC3CC3)ccc2C)c(C)c1. The number of aryl methyl sites for hydroxylation is 3. The molecule has 5 nitrogen and oxygen atoms in total. The number of anilines is 1. The molecule has 132 valence electrons. The summed E-state index contributed by atoms with van der Waals surface area (Å²) in [5, 5.41) is 2.87. The Morgan fingerprint density at radius 1 is 1.00 bits per heavy atom. The van der Waals surface area contributed by atoms with Crippen molar-refractivity contribution in [2.45, 2.75) is 44.6 Å². The minimum absolute atomic E-state index is 0.0267. The second kappa shape index (κ2) is 6.61. The second-order valence-electron chi connectivity index (χ2n) is 6.64. The van der Waals surface area contributed by atoms with Crippen LogP contribution in [0.2, 0.25) is 0 Å². The largest absolute Gasteiger partial charge is 0.322 e. The fourth-order valence-electron chi connectivity index (χ4n) is 2.65. The molecule has 6 heteroatoms. The van der Waals surface area contributed by atoms with E-state index in [0.717, 1.165) is 35.2 Å². The number of carbonyl (C=O) groups excluding carboxylic acids is 1. The normalized spacial score (nSPS) is 14.4. The molecule has 0 radical (unpaired) electrons. The molecule has 0 bridgehead atoms. The van der Waals surface area contributed by atoms with Crippen LogP contribution in [0, 0.1) is 20.8 Å². The van der Waals surface area contributed by atoms with Crippen LogP contribution in [0.5, 0.6) is 0 Å². The maximum absolute atomic E-state index is 12.7. The molecule has 0 spiro atoms. The van der Waals surface area contributed by atoms with Crippen molar-refractivity contribution < 1.29 is 13.2 Å². The van der Waals surface area contributed by atoms with Crippen LogP contribution in [-0.4, -0.2) is 20.4 Å². The topological polar surface area (TPSA) is 75.3 Å². The fourth-order valence-corrected chi connectivity index (χ4v) is 3.98. The first-order chi connectivity index (χ1) is 11.8. The summed E-state index contributed by atoms with van der Waals surface area (Å²) in [5.41, 5.74) is 3.89. The van der Waals surface area contributed by atoms with Crippen molar-refractivity contribution in [2.24, 2.45) is 0 Å². The standard InChI is InChI=1S/C19H22N2O3S/c1-12-4-9-18(14(3)10-12)20-19(22)17-11-16(8-5-13(17)2)25(23,24)21-15-6-7-15/h4-5,8-11,15,21H,6-7H2,1-3H3,(H,20,22). The summed E-state index contributed by atoms with van der Waals surface area (Å²) in [7, 11) is -3.59. The molecule has 0 aromatic heterocycles. The lowest BCUT2D eigenvalue weighted by Crippen LogP contribution is -2.26. The number of benzene rings is 2. The average molecular weight is 358 g/mol. The Morgan fingerprint density at radius 3 is 2.36 bits per heavy atom. The highest BCUT2D eigenvalue weighted by atomic mass is 32.2. The molecule has 0 unspecified atom stereocenters. The number of amides is 1. The molecule has 0 aliphatic heterocycles. The molecule has 3 rings (SSSR count). The zero-order valence-electron chi connectivity index (χ0n) is 14.6. The Kier molecular flexibility index (Phi) is 4.67. The van der Waals surface area contributed by atoms with E-state index in [2.05, 4.69) is 10.0 Å². The lowest BCUT2D eigenvalue weighted by Gasteiger charge is -2.12. The van der Waals surface area contributed by atoms with Gasteiger partial charge in [-0.2, -0.15) is 0 Å². The van der Waals surface area contributed by atoms with Crippen molar-refractivity contribution >= 4 is 21.6 Å². The minimum Gasteiger partial charge on any atom is -0.322 e. The second-order valence-corrected chi connectivity index (χ2v) is 8.36. The molecule has 0 heterocycles. The van der Waals surface area contributed by atoms with E-state index in [1.54, 1.807) is 13.0 Å². The van der Waals surface area contributed by atoms with Gasteiger partial charge in [-0.15, -0.1) is 0 Å². The van der Waals surface area contributed by atoms with Gasteiger partial charge < -0.3 is 5.32 Å². The van der Waals surface area contributed by atoms with Gasteiger partial charge in [0.15, 0.2) is 0 Å². The first kappa shape index (κ1) is 17.6. The Balaban J connectivity index is 1.88. The summed E-state index contributed by atoms with van der Waals surface area (Å²) >= 11 is 0. The van der Waals surface area contributed by atoms with Gasteiger partial charge in [0, 0.05) is 17.3 Å². The van der Waals surface area contributed by atoms with Gasteiger partial charge in [-0.1, -0.05) is 23.8 Å². The van der Waals surface area contributed by atoms with Gasteiger partial charge in [0.1, 0.15) is 0 Å². The van der Waals surface area contributed by atoms with Crippen LogP contribution in [0.3, 0.4) is 0 Å². The Morgan fingerprint density at radius 2 is 1.72 bits per heavy atom. The van der Waals surface area contributed by atoms with Crippen LogP contribution >= 0.6 is 0 Å². The van der Waals surface area contributed by atoms with Crippen LogP contribution in [0.4, 0.5) is 5.69 Å². The monoisotopic (exact) mass is 358 g/mol. The molecule has 2 aromatic rings. The first-order valence-corrected chi connectivity index (χ1v) is 9.76. The number of nitrogens with one attached hydrogen (secondary N) is 2. The Bertz CT molecular complexity index is 932. The van der Waals surface area contributed by atoms with Crippen molar-refractivity contribution in [1.82, 2.24) is 4.72 Å². The summed E-state index contributed by atoms with van der Waals surface area (Å²) < 4.78 is 27.4. The average Bonchev–Trinajstić information content (AvgIpc) is 3.33. The molecule has 1 saturated carbocycles. The fraction of sp³-hybridized carbons (Fsp3) is 0.316. The summed E-state index contributed by atoms with van der Waals surface area (Å²) in [6, 6.07) is 10.4. The highest BCUT2D eigenvalue weighted by Crippen LogP contribution is 2.24. The molecule has 2 N–H and O–H groups in total. The predicted octanol–water partition coefficient (Wildman–Crippen LogP) is 3.30. The molecule has 2 aromatic carbocycles. The van der Waals surface area contributed by atoms with Crippen molar-refractivity contribution in [3.63, 3.8) is 0 Å². The van der Waals surface area contributed by atoms with Crippen LogP contribution in [0.1, 0.15) is 39.9 Å². The van der Waals surface area contributed by atoms with E-state index in [9.17, 15) is 13.2 Å². The quantitative estimate of drug-likeness (QED) is 0.861. The lowest BCUT2D eigenvalue weighted by molar-refractivity contribution is 0.102. The third-order valence-electron chi connectivity index (χ3n) is 4.29. The molecule has 0 atom stereocenters. The summed E-state index contributed by atoms with van der Waals surface area (Å²) in [4.78, 5) is 12.8. The van der Waals surface area contributed by atoms with Crippen LogP contribution in [-0.2, 0) is 10.0 Å². The van der Waals surface area contributed by atoms with Gasteiger partial charge in [-0.05, 0) is 62.9 Å². The van der Waals surface area contributed by atoms with Gasteiger partial charge in [0.2, 0.25) is 10.0 Å². The lowest BCUT2D eigenvalue weighted by atomic mass is 10.1. The van der Waals surface area contributed by atoms with Crippen LogP contribution in [0.15, 0.2) is 41.3 Å². The van der Waals surface area contributed by atoms with Gasteiger partial charge in [-0.25, -0.2) is 13.1 Å². The van der Waals surface area contributed by atoms with Crippen molar-refractivity contribution in [3.05, 3.63) is 58.7 Å². The van der Waals surface area contributed by atoms with E-state index in [0.29, 0.717) is 5.56 Å². The zero-order chi connectivity index (χ0) is 18.2. The maximum atomic E-state index is 12.7. The maximum Gasteiger partial charge on any atom is 0.255 e. The van der Waals surface area contributed by atoms with Crippen molar-refractivity contribution in [2.75, 3.05) is 5.32 Å². The summed E-state index contributed by atoms with van der Waals surface area (Å²) in [5.74, 6) is -0.312. The zero-order valence-corrected chi connectivity index (χ0v) is 15.4. The minimum atomic E-state index is -3.59. The number of hydrogen-bond acceptors (Lipinski definition) is 3. The van der Waals surface area contributed by atoms with Crippen molar-refractivity contribution in [3.8, 4) is 0 Å². The van der Waals surface area contributed by atoms with E-state index < -0.39 is 10.0 Å². The summed E-state index contributed by atoms with van der Waals surface area (Å²) in [6.07, 6.45) is 1.73. The third kappa shape index (κ3) is 4.08. The van der Waals surface area contributed by atoms with Gasteiger partial charge in [0.25, 0.3) is 5.91 Å². The highest BCUT2D eigenvalue weighted by molar-refractivity contribution is 7.89. The number of rotatable bonds is 5. The first-order valence-electron chi connectivity index (χ1n) is 8.28. The van der Waals surface area contributed by atoms with E-state index in [4.69, 9.17) is 0 Å². The van der Waals surface area contributed by atoms with E-state index in [-0.39, 0.29) is 16.8 Å². The van der Waals surface area contributed by atoms with Gasteiger partial charge in [0.05, 0.1) is 4.90 Å². The predicted molar refractivity (Wildman–Crippen MR) is 98.4 cm³/mol. The molecule has 1 aliphatic rings. The van der Waals surface area contributed by atoms with Gasteiger partial charge in [-0.3, -0.25) is 4.79 Å². The van der Waals surface area contributed by atoms with Crippen LogP contribution in [0.25, 0.3) is 0 Å². The molecule has 0 saturated heterocycles. The van der Waals surface area contributed by atoms with Crippen LogP contribution < -0.4 is 10.0 Å². The smallest absolute Gasteiger partial charge is 0.255 e. The highest BCUT2D eigenvalue weighted by Gasteiger charge is 2.28. The molecule has 1 aliphatic carbocycles. The molecular weight excluding hydrogens is 336 g/mol. The number of carbonyl (C=O) groups is 1. The third-order valence-corrected chi connectivity index (χ3v) is 5.81. The molecular formula is C19H22N2O3S. The van der Waals surface area contributed by atoms with E-state index >= 15 is 0 Å². The number of hydrogen-bond donors (Lipinski definition) is 2. The molecule has 25 heavy (non-hydrogen) atoms. The van der Waals surface area contributed by atoms with Gasteiger partial charge >= 0.3 is 0 Å². The van der Waals surface area contributed by atoms with E-state index in [1.165, 1.54) is 12.1 Å². The summed E-state index contributed by atoms with van der Waals surface area (Å²) in [6.45, 7) is 5.71. The molecule has 1 amide bonds. The Labute approximate surface area is 148 Å². The van der Waals surface area contributed by atoms with E-state index in [1.807, 2.05) is 32.0 Å². The van der Waals surface area contributed by atoms with Crippen molar-refractivity contribution in [1.29, 1.82) is 0 Å². The Hall–Kier alpha value is -2.18. The molecule has 1 fully saturated rings. The number of sulfonamides is 1.